The highest BCUT2D eigenvalue weighted by atomic mass is 16.4. The molecule has 1 amide bonds. The lowest BCUT2D eigenvalue weighted by Crippen LogP contribution is -2.52. The molecular formula is C20H37N3O3. The van der Waals surface area contributed by atoms with Crippen LogP contribution in [0.25, 0.3) is 0 Å². The Morgan fingerprint density at radius 1 is 1.23 bits per heavy atom. The number of carbonyl (C=O) groups excluding carboxylic acids is 1. The van der Waals surface area contributed by atoms with E-state index in [-0.39, 0.29) is 35.7 Å². The Bertz CT molecular complexity index is 559. The summed E-state index contributed by atoms with van der Waals surface area (Å²) in [5.74, 6) is -0.162. The van der Waals surface area contributed by atoms with E-state index >= 15 is 0 Å². The van der Waals surface area contributed by atoms with Gasteiger partial charge in [0.25, 0.3) is 0 Å². The number of amides is 1. The molecule has 3 N–H and O–H groups in total. The number of likely N-dealkylation sites (tertiary alicyclic amines) is 1. The normalized spacial score (nSPS) is 18.3. The molecule has 1 aliphatic rings. The molecule has 0 aliphatic carbocycles. The summed E-state index contributed by atoms with van der Waals surface area (Å²) in [6, 6.07) is 0.124. The molecule has 1 heterocycles. The number of carboxylic acids is 1. The fraction of sp³-hybridized carbons (Fsp3) is 0.850. The molecule has 1 saturated heterocycles. The van der Waals surface area contributed by atoms with Crippen molar-refractivity contribution in [1.29, 1.82) is 0 Å². The summed E-state index contributed by atoms with van der Waals surface area (Å²) in [5, 5.41) is 8.80. The molecule has 1 aliphatic heterocycles. The molecule has 0 saturated carbocycles. The Kier molecular flexibility index (Phi) is 6.88. The van der Waals surface area contributed by atoms with Crippen molar-refractivity contribution in [3.8, 4) is 0 Å². The monoisotopic (exact) mass is 367 g/mol. The Balaban J connectivity index is 3.04. The second-order valence-electron chi connectivity index (χ2n) is 9.70. The summed E-state index contributed by atoms with van der Waals surface area (Å²) in [6.07, 6.45) is 2.34. The Morgan fingerprint density at radius 3 is 2.23 bits per heavy atom. The van der Waals surface area contributed by atoms with Crippen LogP contribution in [0.3, 0.4) is 0 Å². The second kappa shape index (κ2) is 7.97. The van der Waals surface area contributed by atoms with Gasteiger partial charge in [0, 0.05) is 24.4 Å². The van der Waals surface area contributed by atoms with E-state index < -0.39 is 11.4 Å². The number of aliphatic carboxylic acids is 1. The first-order valence-electron chi connectivity index (χ1n) is 9.52. The fourth-order valence-electron chi connectivity index (χ4n) is 3.44. The number of aliphatic imine (C=N–C) groups is 1. The molecule has 1 fully saturated rings. The first-order chi connectivity index (χ1) is 11.7. The molecule has 26 heavy (non-hydrogen) atoms. The van der Waals surface area contributed by atoms with Gasteiger partial charge in [0.15, 0.2) is 0 Å². The van der Waals surface area contributed by atoms with E-state index in [1.165, 1.54) is 0 Å². The average molecular weight is 368 g/mol. The van der Waals surface area contributed by atoms with E-state index in [0.29, 0.717) is 12.3 Å². The zero-order valence-electron chi connectivity index (χ0n) is 17.6. The van der Waals surface area contributed by atoms with Gasteiger partial charge in [-0.15, -0.1) is 0 Å². The predicted octanol–water partition coefficient (Wildman–Crippen LogP) is 3.30. The first-order valence-corrected chi connectivity index (χ1v) is 9.52. The standard InChI is InChI=1S/C20H37N3O3/c1-18(2,3)14(23-12-8-9-15(23)24)13-19(4,5)20(6,7)17(21)22-11-10-16(25)26/h14H,8-13H2,1-7H3,(H2,21,22)(H,25,26). The average Bonchev–Trinajstić information content (AvgIpc) is 2.88. The third-order valence-electron chi connectivity index (χ3n) is 6.13. The molecule has 0 bridgehead atoms. The lowest BCUT2D eigenvalue weighted by molar-refractivity contribution is -0.136. The van der Waals surface area contributed by atoms with Gasteiger partial charge in [0.1, 0.15) is 0 Å². The summed E-state index contributed by atoms with van der Waals surface area (Å²) in [7, 11) is 0. The Labute approximate surface area is 158 Å². The number of nitrogens with two attached hydrogens (primary N) is 1. The van der Waals surface area contributed by atoms with Crippen LogP contribution in [0.2, 0.25) is 0 Å². The maximum atomic E-state index is 12.4. The SMILES string of the molecule is CC(C)(C)C(CC(C)(C)C(C)(C)C(N)=NCCC(=O)O)N1CCCC1=O. The summed E-state index contributed by atoms with van der Waals surface area (Å²) in [5.41, 5.74) is 5.59. The van der Waals surface area contributed by atoms with Gasteiger partial charge in [-0.1, -0.05) is 48.5 Å². The number of rotatable bonds is 8. The van der Waals surface area contributed by atoms with Crippen molar-refractivity contribution < 1.29 is 14.7 Å². The zero-order valence-corrected chi connectivity index (χ0v) is 17.6. The molecule has 150 valence electrons. The van der Waals surface area contributed by atoms with Crippen LogP contribution in [0.4, 0.5) is 0 Å². The molecule has 0 spiro atoms. The molecule has 6 heteroatoms. The van der Waals surface area contributed by atoms with Crippen LogP contribution in [0.15, 0.2) is 4.99 Å². The number of carboxylic acid groups (broad SMARTS) is 1. The van der Waals surface area contributed by atoms with Crippen molar-refractivity contribution in [2.75, 3.05) is 13.1 Å². The van der Waals surface area contributed by atoms with E-state index in [1.807, 2.05) is 4.90 Å². The molecule has 1 unspecified atom stereocenters. The summed E-state index contributed by atoms with van der Waals surface area (Å²) >= 11 is 0. The third kappa shape index (κ3) is 5.21. The summed E-state index contributed by atoms with van der Waals surface area (Å²) in [6.45, 7) is 16.0. The van der Waals surface area contributed by atoms with Crippen molar-refractivity contribution in [3.63, 3.8) is 0 Å². The number of carbonyl (C=O) groups is 2. The second-order valence-corrected chi connectivity index (χ2v) is 9.70. The van der Waals surface area contributed by atoms with Crippen LogP contribution in [0.1, 0.15) is 74.1 Å². The van der Waals surface area contributed by atoms with Crippen molar-refractivity contribution in [2.24, 2.45) is 27.0 Å². The number of nitrogens with zero attached hydrogens (tertiary/aromatic N) is 2. The number of amidine groups is 1. The van der Waals surface area contributed by atoms with Crippen molar-refractivity contribution >= 4 is 17.7 Å². The molecule has 0 radical (unpaired) electrons. The minimum atomic E-state index is -0.876. The van der Waals surface area contributed by atoms with Crippen LogP contribution < -0.4 is 5.73 Å². The zero-order chi connectivity index (χ0) is 20.3. The third-order valence-corrected chi connectivity index (χ3v) is 6.13. The lowest BCUT2D eigenvalue weighted by atomic mass is 9.62. The van der Waals surface area contributed by atoms with Gasteiger partial charge in [-0.05, 0) is 23.7 Å². The maximum absolute atomic E-state index is 12.4. The predicted molar refractivity (Wildman–Crippen MR) is 105 cm³/mol. The smallest absolute Gasteiger partial charge is 0.305 e. The minimum Gasteiger partial charge on any atom is -0.481 e. The van der Waals surface area contributed by atoms with E-state index in [1.54, 1.807) is 0 Å². The molecule has 0 aromatic rings. The van der Waals surface area contributed by atoms with Gasteiger partial charge in [0.2, 0.25) is 5.91 Å². The maximum Gasteiger partial charge on any atom is 0.305 e. The van der Waals surface area contributed by atoms with Crippen LogP contribution in [-0.4, -0.2) is 46.8 Å². The van der Waals surface area contributed by atoms with Crippen molar-refractivity contribution in [1.82, 2.24) is 4.90 Å². The highest BCUT2D eigenvalue weighted by molar-refractivity contribution is 5.87. The van der Waals surface area contributed by atoms with Gasteiger partial charge < -0.3 is 15.7 Å². The number of hydrogen-bond donors (Lipinski definition) is 2. The Hall–Kier alpha value is -1.59. The van der Waals surface area contributed by atoms with Crippen LogP contribution in [0.5, 0.6) is 0 Å². The first kappa shape index (κ1) is 22.5. The topological polar surface area (TPSA) is 96.0 Å². The Morgan fingerprint density at radius 2 is 1.81 bits per heavy atom. The van der Waals surface area contributed by atoms with Gasteiger partial charge in [-0.3, -0.25) is 14.6 Å². The molecule has 6 nitrogen and oxygen atoms in total. The van der Waals surface area contributed by atoms with Crippen LogP contribution >= 0.6 is 0 Å². The van der Waals surface area contributed by atoms with Gasteiger partial charge in [-0.25, -0.2) is 0 Å². The molecule has 0 aromatic carbocycles. The summed E-state index contributed by atoms with van der Waals surface area (Å²) < 4.78 is 0. The van der Waals surface area contributed by atoms with E-state index in [2.05, 4.69) is 53.5 Å². The molecule has 1 atom stereocenters. The van der Waals surface area contributed by atoms with E-state index in [0.717, 1.165) is 19.4 Å². The van der Waals surface area contributed by atoms with Crippen LogP contribution in [-0.2, 0) is 9.59 Å². The fourth-order valence-corrected chi connectivity index (χ4v) is 3.44. The highest BCUT2D eigenvalue weighted by Gasteiger charge is 2.46. The van der Waals surface area contributed by atoms with Crippen molar-refractivity contribution in [2.45, 2.75) is 80.2 Å². The van der Waals surface area contributed by atoms with E-state index in [4.69, 9.17) is 10.8 Å². The van der Waals surface area contributed by atoms with Gasteiger partial charge in [0.05, 0.1) is 18.8 Å². The van der Waals surface area contributed by atoms with Crippen LogP contribution in [0, 0.1) is 16.2 Å². The lowest BCUT2D eigenvalue weighted by Gasteiger charge is -2.48. The molecular weight excluding hydrogens is 330 g/mol. The minimum absolute atomic E-state index is 0.0237. The van der Waals surface area contributed by atoms with Gasteiger partial charge >= 0.3 is 5.97 Å². The molecule has 1 rings (SSSR count). The largest absolute Gasteiger partial charge is 0.481 e. The highest BCUT2D eigenvalue weighted by Crippen LogP contribution is 2.46. The summed E-state index contributed by atoms with van der Waals surface area (Å²) in [4.78, 5) is 29.4. The van der Waals surface area contributed by atoms with Gasteiger partial charge in [-0.2, -0.15) is 0 Å². The van der Waals surface area contributed by atoms with E-state index in [9.17, 15) is 9.59 Å². The van der Waals surface area contributed by atoms with Crippen molar-refractivity contribution in [3.05, 3.63) is 0 Å². The number of hydrogen-bond acceptors (Lipinski definition) is 3. The molecule has 0 aromatic heterocycles. The quantitative estimate of drug-likeness (QED) is 0.508.